The minimum absolute atomic E-state index is 0.000184. The number of unbranched alkanes of at least 4 members (excludes halogenated alkanes) is 2. The third-order valence-corrected chi connectivity index (χ3v) is 3.38. The zero-order valence-electron chi connectivity index (χ0n) is 11.4. The molecule has 2 nitrogen and oxygen atoms in total. The van der Waals surface area contributed by atoms with Gasteiger partial charge in [-0.1, -0.05) is 46.6 Å². The average Bonchev–Trinajstić information content (AvgIpc) is 2.27. The zero-order chi connectivity index (χ0) is 12.6. The highest BCUT2D eigenvalue weighted by atomic mass is 16.1. The summed E-state index contributed by atoms with van der Waals surface area (Å²) in [5.41, 5.74) is 0.576. The van der Waals surface area contributed by atoms with E-state index in [1.54, 1.807) is 6.92 Å². The lowest BCUT2D eigenvalue weighted by molar-refractivity contribution is -0.119. The lowest BCUT2D eigenvalue weighted by atomic mass is 9.86. The monoisotopic (exact) mass is 225 g/mol. The average molecular weight is 225 g/mol. The van der Waals surface area contributed by atoms with Crippen LogP contribution in [-0.4, -0.2) is 11.4 Å². The highest BCUT2D eigenvalue weighted by molar-refractivity contribution is 5.92. The van der Waals surface area contributed by atoms with E-state index >= 15 is 0 Å². The van der Waals surface area contributed by atoms with E-state index < -0.39 is 0 Å². The van der Waals surface area contributed by atoms with Gasteiger partial charge in [0.2, 0.25) is 5.91 Å². The molecule has 0 saturated carbocycles. The van der Waals surface area contributed by atoms with Gasteiger partial charge in [-0.3, -0.25) is 4.79 Å². The molecule has 0 fully saturated rings. The number of hydrogen-bond donors (Lipinski definition) is 1. The van der Waals surface area contributed by atoms with Gasteiger partial charge in [0, 0.05) is 11.1 Å². The standard InChI is InChI=1S/C14H27NO/c1-6-9-10-11-14(7-2,8-3)15-13(16)12(4)5/h4,6-11H2,1-3,5H3,(H,15,16). The second-order valence-electron chi connectivity index (χ2n) is 4.68. The van der Waals surface area contributed by atoms with Gasteiger partial charge in [-0.25, -0.2) is 0 Å². The van der Waals surface area contributed by atoms with Crippen molar-refractivity contribution in [3.63, 3.8) is 0 Å². The van der Waals surface area contributed by atoms with Gasteiger partial charge < -0.3 is 5.32 Å². The molecule has 0 bridgehead atoms. The lowest BCUT2D eigenvalue weighted by Gasteiger charge is -2.33. The molecule has 0 spiro atoms. The minimum Gasteiger partial charge on any atom is -0.347 e. The van der Waals surface area contributed by atoms with Crippen molar-refractivity contribution in [2.75, 3.05) is 0 Å². The normalized spacial score (nSPS) is 11.2. The highest BCUT2D eigenvalue weighted by Crippen LogP contribution is 2.23. The third-order valence-electron chi connectivity index (χ3n) is 3.38. The first-order chi connectivity index (χ1) is 7.51. The second kappa shape index (κ2) is 7.48. The molecule has 0 atom stereocenters. The van der Waals surface area contributed by atoms with Gasteiger partial charge >= 0.3 is 0 Å². The van der Waals surface area contributed by atoms with Crippen LogP contribution in [0.5, 0.6) is 0 Å². The smallest absolute Gasteiger partial charge is 0.246 e. The third kappa shape index (κ3) is 4.82. The van der Waals surface area contributed by atoms with Crippen molar-refractivity contribution in [3.8, 4) is 0 Å². The summed E-state index contributed by atoms with van der Waals surface area (Å²) in [4.78, 5) is 11.7. The van der Waals surface area contributed by atoms with Crippen LogP contribution in [0.15, 0.2) is 12.2 Å². The lowest BCUT2D eigenvalue weighted by Crippen LogP contribution is -2.47. The van der Waals surface area contributed by atoms with E-state index in [4.69, 9.17) is 0 Å². The fraction of sp³-hybridized carbons (Fsp3) is 0.786. The molecule has 0 radical (unpaired) electrons. The Balaban J connectivity index is 4.42. The largest absolute Gasteiger partial charge is 0.347 e. The minimum atomic E-state index is -0.0226. The molecule has 0 aliphatic rings. The summed E-state index contributed by atoms with van der Waals surface area (Å²) in [6.45, 7) is 11.9. The summed E-state index contributed by atoms with van der Waals surface area (Å²) in [5, 5.41) is 3.15. The first kappa shape index (κ1) is 15.2. The molecule has 0 saturated heterocycles. The van der Waals surface area contributed by atoms with E-state index in [2.05, 4.69) is 32.7 Å². The molecule has 1 amide bonds. The zero-order valence-corrected chi connectivity index (χ0v) is 11.4. The van der Waals surface area contributed by atoms with E-state index in [0.717, 1.165) is 19.3 Å². The van der Waals surface area contributed by atoms with E-state index in [1.165, 1.54) is 19.3 Å². The number of carbonyl (C=O) groups excluding carboxylic acids is 1. The number of carbonyl (C=O) groups is 1. The maximum atomic E-state index is 11.7. The van der Waals surface area contributed by atoms with Crippen molar-refractivity contribution in [2.45, 2.75) is 71.8 Å². The molecule has 94 valence electrons. The van der Waals surface area contributed by atoms with Gasteiger partial charge in [0.05, 0.1) is 0 Å². The topological polar surface area (TPSA) is 29.1 Å². The van der Waals surface area contributed by atoms with Crippen LogP contribution < -0.4 is 5.32 Å². The van der Waals surface area contributed by atoms with Crippen LogP contribution in [0, 0.1) is 0 Å². The van der Waals surface area contributed by atoms with Gasteiger partial charge in [-0.05, 0) is 26.2 Å². The Morgan fingerprint density at radius 2 is 1.75 bits per heavy atom. The molecule has 0 aliphatic carbocycles. The molecule has 16 heavy (non-hydrogen) atoms. The molecule has 1 N–H and O–H groups in total. The molecule has 0 rings (SSSR count). The van der Waals surface area contributed by atoms with E-state index in [-0.39, 0.29) is 11.4 Å². The number of amides is 1. The predicted octanol–water partition coefficient (Wildman–Crippen LogP) is 3.82. The van der Waals surface area contributed by atoms with Gasteiger partial charge in [0.15, 0.2) is 0 Å². The Hall–Kier alpha value is -0.790. The molecule has 2 heteroatoms. The Labute approximate surface area is 101 Å². The SMILES string of the molecule is C=C(C)C(=O)NC(CC)(CC)CCCCC. The highest BCUT2D eigenvalue weighted by Gasteiger charge is 2.27. The van der Waals surface area contributed by atoms with Crippen LogP contribution in [0.4, 0.5) is 0 Å². The Morgan fingerprint density at radius 1 is 1.19 bits per heavy atom. The fourth-order valence-electron chi connectivity index (χ4n) is 1.90. The second-order valence-corrected chi connectivity index (χ2v) is 4.68. The first-order valence-corrected chi connectivity index (χ1v) is 6.49. The molecule has 0 aromatic rings. The fourth-order valence-corrected chi connectivity index (χ4v) is 1.90. The van der Waals surface area contributed by atoms with Gasteiger partial charge in [-0.15, -0.1) is 0 Å². The molecule has 0 aliphatic heterocycles. The van der Waals surface area contributed by atoms with Gasteiger partial charge in [0.25, 0.3) is 0 Å². The van der Waals surface area contributed by atoms with Crippen molar-refractivity contribution in [1.29, 1.82) is 0 Å². The maximum absolute atomic E-state index is 11.7. The number of rotatable bonds is 8. The molecular weight excluding hydrogens is 198 g/mol. The van der Waals surface area contributed by atoms with Crippen LogP contribution in [0.3, 0.4) is 0 Å². The molecular formula is C14H27NO. The Kier molecular flexibility index (Phi) is 7.11. The maximum Gasteiger partial charge on any atom is 0.246 e. The summed E-state index contributed by atoms with van der Waals surface area (Å²) in [6.07, 6.45) is 6.71. The molecule has 0 unspecified atom stereocenters. The number of nitrogens with one attached hydrogen (secondary N) is 1. The van der Waals surface area contributed by atoms with Crippen LogP contribution in [-0.2, 0) is 4.79 Å². The predicted molar refractivity (Wildman–Crippen MR) is 70.4 cm³/mol. The molecule has 0 aromatic heterocycles. The summed E-state index contributed by atoms with van der Waals surface area (Å²) in [6, 6.07) is 0. The van der Waals surface area contributed by atoms with Crippen molar-refractivity contribution in [1.82, 2.24) is 5.32 Å². The molecule has 0 aromatic carbocycles. The Morgan fingerprint density at radius 3 is 2.12 bits per heavy atom. The van der Waals surface area contributed by atoms with Crippen molar-refractivity contribution in [2.24, 2.45) is 0 Å². The summed E-state index contributed by atoms with van der Waals surface area (Å²) in [5.74, 6) is 0.000184. The van der Waals surface area contributed by atoms with E-state index in [1.807, 2.05) is 0 Å². The first-order valence-electron chi connectivity index (χ1n) is 6.49. The number of hydrogen-bond acceptors (Lipinski definition) is 1. The summed E-state index contributed by atoms with van der Waals surface area (Å²) in [7, 11) is 0. The summed E-state index contributed by atoms with van der Waals surface area (Å²) < 4.78 is 0. The van der Waals surface area contributed by atoms with Crippen molar-refractivity contribution >= 4 is 5.91 Å². The van der Waals surface area contributed by atoms with Crippen LogP contribution >= 0.6 is 0 Å². The summed E-state index contributed by atoms with van der Waals surface area (Å²) >= 11 is 0. The van der Waals surface area contributed by atoms with E-state index in [0.29, 0.717) is 5.57 Å². The van der Waals surface area contributed by atoms with Crippen molar-refractivity contribution < 1.29 is 4.79 Å². The molecule has 0 heterocycles. The van der Waals surface area contributed by atoms with Crippen molar-refractivity contribution in [3.05, 3.63) is 12.2 Å². The van der Waals surface area contributed by atoms with Crippen LogP contribution in [0.2, 0.25) is 0 Å². The quantitative estimate of drug-likeness (QED) is 0.494. The van der Waals surface area contributed by atoms with Crippen LogP contribution in [0.1, 0.15) is 66.2 Å². The Bertz CT molecular complexity index is 229. The van der Waals surface area contributed by atoms with Crippen LogP contribution in [0.25, 0.3) is 0 Å². The van der Waals surface area contributed by atoms with Gasteiger partial charge in [0.1, 0.15) is 0 Å². The van der Waals surface area contributed by atoms with E-state index in [9.17, 15) is 4.79 Å². The van der Waals surface area contributed by atoms with Gasteiger partial charge in [-0.2, -0.15) is 0 Å².